The zero-order valence-electron chi connectivity index (χ0n) is 12.8. The van der Waals surface area contributed by atoms with Crippen LogP contribution in [0.25, 0.3) is 27.7 Å². The minimum atomic E-state index is -0.491. The van der Waals surface area contributed by atoms with Crippen molar-refractivity contribution in [3.63, 3.8) is 0 Å². The molecule has 6 nitrogen and oxygen atoms in total. The van der Waals surface area contributed by atoms with E-state index in [2.05, 4.69) is 15.1 Å². The van der Waals surface area contributed by atoms with Gasteiger partial charge in [-0.2, -0.15) is 16.3 Å². The molecular weight excluding hydrogens is 358 g/mol. The van der Waals surface area contributed by atoms with Gasteiger partial charge in [0.15, 0.2) is 6.61 Å². The van der Waals surface area contributed by atoms with Crippen LogP contribution in [0.3, 0.4) is 0 Å². The molecule has 0 aliphatic heterocycles. The smallest absolute Gasteiger partial charge is 0.331 e. The van der Waals surface area contributed by atoms with Crippen LogP contribution in [0.1, 0.15) is 10.9 Å². The largest absolute Gasteiger partial charge is 0.452 e. The molecule has 0 radical (unpaired) electrons. The van der Waals surface area contributed by atoms with Gasteiger partial charge >= 0.3 is 5.97 Å². The van der Waals surface area contributed by atoms with Gasteiger partial charge in [-0.3, -0.25) is 0 Å². The van der Waals surface area contributed by atoms with E-state index >= 15 is 0 Å². The number of thiazole rings is 1. The van der Waals surface area contributed by atoms with Crippen LogP contribution in [0.5, 0.6) is 0 Å². The van der Waals surface area contributed by atoms with Crippen molar-refractivity contribution in [1.82, 2.24) is 15.1 Å². The molecule has 0 atom stereocenters. The first-order chi connectivity index (χ1) is 12.3. The molecule has 0 fully saturated rings. The number of aromatic nitrogens is 3. The molecule has 0 aliphatic rings. The molecule has 0 N–H and O–H groups in total. The number of rotatable bonds is 5. The predicted molar refractivity (Wildman–Crippen MR) is 96.1 cm³/mol. The maximum absolute atomic E-state index is 11.8. The second kappa shape index (κ2) is 6.96. The van der Waals surface area contributed by atoms with Crippen LogP contribution in [0.2, 0.25) is 0 Å². The fraction of sp³-hybridized carbons (Fsp3) is 0.0588. The van der Waals surface area contributed by atoms with E-state index in [1.165, 1.54) is 17.4 Å². The molecule has 0 saturated carbocycles. The van der Waals surface area contributed by atoms with Gasteiger partial charge < -0.3 is 9.26 Å². The quantitative estimate of drug-likeness (QED) is 0.388. The van der Waals surface area contributed by atoms with Crippen molar-refractivity contribution in [2.45, 2.75) is 6.61 Å². The van der Waals surface area contributed by atoms with E-state index in [-0.39, 0.29) is 12.5 Å². The number of carbonyl (C=O) groups is 1. The zero-order chi connectivity index (χ0) is 17.1. The Kier molecular flexibility index (Phi) is 4.36. The molecular formula is C17H11N3O3S2. The Morgan fingerprint density at radius 2 is 2.16 bits per heavy atom. The number of carbonyl (C=O) groups excluding carboxylic acids is 1. The number of thiophene rings is 1. The van der Waals surface area contributed by atoms with Gasteiger partial charge in [-0.1, -0.05) is 17.3 Å². The molecule has 124 valence electrons. The topological polar surface area (TPSA) is 78.1 Å². The Hall–Kier alpha value is -2.84. The number of hydrogen-bond donors (Lipinski definition) is 0. The lowest BCUT2D eigenvalue weighted by molar-refractivity contribution is -0.139. The van der Waals surface area contributed by atoms with Gasteiger partial charge in [0.2, 0.25) is 5.82 Å². The van der Waals surface area contributed by atoms with Crippen molar-refractivity contribution in [3.05, 3.63) is 58.1 Å². The summed E-state index contributed by atoms with van der Waals surface area (Å²) in [6, 6.07) is 9.70. The van der Waals surface area contributed by atoms with E-state index in [4.69, 9.17) is 9.26 Å². The van der Waals surface area contributed by atoms with Gasteiger partial charge in [-0.05, 0) is 29.7 Å². The molecule has 4 rings (SSSR count). The number of nitrogens with zero attached hydrogens (tertiary/aromatic N) is 3. The van der Waals surface area contributed by atoms with Gasteiger partial charge in [0, 0.05) is 17.0 Å². The highest BCUT2D eigenvalue weighted by Crippen LogP contribution is 2.22. The molecule has 4 aromatic rings. The first kappa shape index (κ1) is 15.7. The van der Waals surface area contributed by atoms with Gasteiger partial charge in [-0.15, -0.1) is 11.3 Å². The van der Waals surface area contributed by atoms with Crippen molar-refractivity contribution in [2.24, 2.45) is 0 Å². The van der Waals surface area contributed by atoms with E-state index < -0.39 is 5.97 Å². The number of hydrogen-bond acceptors (Lipinski definition) is 8. The summed E-state index contributed by atoms with van der Waals surface area (Å²) < 4.78 is 11.3. The third-order valence-electron chi connectivity index (χ3n) is 3.26. The molecule has 0 bridgehead atoms. The van der Waals surface area contributed by atoms with Crippen LogP contribution in [0.15, 0.2) is 51.7 Å². The normalized spacial score (nSPS) is 11.4. The standard InChI is InChI=1S/C17H11N3O3S2/c21-16(6-5-15-18-12-3-1-2-4-13(12)25-15)22-9-14-19-17(20-23-14)11-7-8-24-10-11/h1-8,10H,9H2/b6-5+. The van der Waals surface area contributed by atoms with Crippen LogP contribution in [0.4, 0.5) is 0 Å². The second-order valence-corrected chi connectivity index (χ2v) is 6.83. The molecule has 0 unspecified atom stereocenters. The summed E-state index contributed by atoms with van der Waals surface area (Å²) in [6.07, 6.45) is 2.98. The van der Waals surface area contributed by atoms with E-state index in [0.717, 1.165) is 20.8 Å². The van der Waals surface area contributed by atoms with Crippen LogP contribution in [0, 0.1) is 0 Å². The lowest BCUT2D eigenvalue weighted by atomic mass is 10.3. The van der Waals surface area contributed by atoms with E-state index in [1.807, 2.05) is 41.1 Å². The average molecular weight is 369 g/mol. The Bertz CT molecular complexity index is 1000. The highest BCUT2D eigenvalue weighted by atomic mass is 32.1. The molecule has 3 heterocycles. The maximum atomic E-state index is 11.8. The summed E-state index contributed by atoms with van der Waals surface area (Å²) in [5.41, 5.74) is 1.79. The van der Waals surface area contributed by atoms with Gasteiger partial charge in [-0.25, -0.2) is 9.78 Å². The molecule has 1 aromatic carbocycles. The third kappa shape index (κ3) is 3.65. The van der Waals surface area contributed by atoms with Crippen LogP contribution in [-0.2, 0) is 16.1 Å². The van der Waals surface area contributed by atoms with Crippen LogP contribution >= 0.6 is 22.7 Å². The first-order valence-electron chi connectivity index (χ1n) is 7.33. The van der Waals surface area contributed by atoms with Crippen molar-refractivity contribution >= 4 is 44.9 Å². The second-order valence-electron chi connectivity index (χ2n) is 4.98. The predicted octanol–water partition coefficient (Wildman–Crippen LogP) is 4.16. The van der Waals surface area contributed by atoms with Gasteiger partial charge in [0.1, 0.15) is 5.01 Å². The lowest BCUT2D eigenvalue weighted by Crippen LogP contribution is -2.00. The monoisotopic (exact) mass is 369 g/mol. The number of fused-ring (bicyclic) bond motifs is 1. The Morgan fingerprint density at radius 3 is 3.00 bits per heavy atom. The third-order valence-corrected chi connectivity index (χ3v) is 4.94. The summed E-state index contributed by atoms with van der Waals surface area (Å²) in [4.78, 5) is 20.4. The van der Waals surface area contributed by atoms with Crippen molar-refractivity contribution in [2.75, 3.05) is 0 Å². The van der Waals surface area contributed by atoms with Crippen LogP contribution < -0.4 is 0 Å². The molecule has 0 spiro atoms. The summed E-state index contributed by atoms with van der Waals surface area (Å²) in [7, 11) is 0. The van der Waals surface area contributed by atoms with Crippen molar-refractivity contribution in [3.8, 4) is 11.4 Å². The SMILES string of the molecule is O=C(/C=C/c1nc2ccccc2s1)OCc1nc(-c2ccsc2)no1. The minimum Gasteiger partial charge on any atom is -0.452 e. The summed E-state index contributed by atoms with van der Waals surface area (Å²) in [5.74, 6) is 0.245. The van der Waals surface area contributed by atoms with Crippen molar-refractivity contribution in [1.29, 1.82) is 0 Å². The molecule has 3 aromatic heterocycles. The average Bonchev–Trinajstić information content (AvgIpc) is 3.37. The minimum absolute atomic E-state index is 0.0693. The van der Waals surface area contributed by atoms with Crippen LogP contribution in [-0.4, -0.2) is 21.1 Å². The van der Waals surface area contributed by atoms with E-state index in [0.29, 0.717) is 5.82 Å². The number of esters is 1. The fourth-order valence-corrected chi connectivity index (χ4v) is 3.61. The van der Waals surface area contributed by atoms with Gasteiger partial charge in [0.25, 0.3) is 5.89 Å². The summed E-state index contributed by atoms with van der Waals surface area (Å²) in [5, 5.41) is 8.45. The Balaban J connectivity index is 1.36. The summed E-state index contributed by atoms with van der Waals surface area (Å²) >= 11 is 3.06. The highest BCUT2D eigenvalue weighted by molar-refractivity contribution is 7.19. The number of ether oxygens (including phenoxy) is 1. The Morgan fingerprint density at radius 1 is 1.24 bits per heavy atom. The van der Waals surface area contributed by atoms with E-state index in [1.54, 1.807) is 17.4 Å². The molecule has 0 saturated heterocycles. The lowest BCUT2D eigenvalue weighted by Gasteiger charge is -1.95. The first-order valence-corrected chi connectivity index (χ1v) is 9.09. The molecule has 25 heavy (non-hydrogen) atoms. The summed E-state index contributed by atoms with van der Waals surface area (Å²) in [6.45, 7) is -0.0693. The fourth-order valence-electron chi connectivity index (χ4n) is 2.10. The number of benzene rings is 1. The van der Waals surface area contributed by atoms with Crippen molar-refractivity contribution < 1.29 is 14.1 Å². The molecule has 8 heteroatoms. The maximum Gasteiger partial charge on any atom is 0.331 e. The van der Waals surface area contributed by atoms with E-state index in [9.17, 15) is 4.79 Å². The van der Waals surface area contributed by atoms with Gasteiger partial charge in [0.05, 0.1) is 10.2 Å². The Labute approximate surface area is 150 Å². The zero-order valence-corrected chi connectivity index (χ0v) is 14.4. The molecule has 0 amide bonds. The number of para-hydroxylation sites is 1. The molecule has 0 aliphatic carbocycles. The highest BCUT2D eigenvalue weighted by Gasteiger charge is 2.10.